The predicted octanol–water partition coefficient (Wildman–Crippen LogP) is 1.49. The second kappa shape index (κ2) is 5.79. The lowest BCUT2D eigenvalue weighted by atomic mass is 9.97. The molecule has 2 fully saturated rings. The number of aliphatic hydroxyl groups excluding tert-OH is 1. The van der Waals surface area contributed by atoms with Gasteiger partial charge in [0.1, 0.15) is 18.3 Å². The fourth-order valence-corrected chi connectivity index (χ4v) is 2.92. The van der Waals surface area contributed by atoms with E-state index in [4.69, 9.17) is 14.3 Å². The third-order valence-electron chi connectivity index (χ3n) is 4.00. The summed E-state index contributed by atoms with van der Waals surface area (Å²) in [6.45, 7) is 2.16. The van der Waals surface area contributed by atoms with E-state index in [1.807, 2.05) is 37.2 Å². The standard InChI is InChI=1S/C15H21NO4/c1-10-18-9-13(17)15(19-10)12-8-14(20-16(12)2)11-6-4-3-5-7-11/h3-7,10,12-15,17H,8-9H2,1-2H3/t10-,12-,13+,14+,15+/m0/s1. The Bertz CT molecular complexity index is 441. The van der Waals surface area contributed by atoms with Crippen molar-refractivity contribution >= 4 is 0 Å². The van der Waals surface area contributed by atoms with E-state index in [9.17, 15) is 5.11 Å². The van der Waals surface area contributed by atoms with Crippen molar-refractivity contribution in [3.8, 4) is 0 Å². The number of rotatable bonds is 2. The highest BCUT2D eigenvalue weighted by Gasteiger charge is 2.43. The van der Waals surface area contributed by atoms with Crippen LogP contribution in [-0.4, -0.2) is 48.4 Å². The zero-order valence-corrected chi connectivity index (χ0v) is 11.8. The SMILES string of the molecule is C[C@H]1OC[C@@H](O)[C@@H]([C@@H]2C[C@H](c3ccccc3)ON2C)O1. The molecule has 5 heteroatoms. The van der Waals surface area contributed by atoms with Gasteiger partial charge in [0.2, 0.25) is 0 Å². The molecule has 0 spiro atoms. The van der Waals surface area contributed by atoms with Crippen LogP contribution in [0.1, 0.15) is 25.0 Å². The Morgan fingerprint density at radius 1 is 1.25 bits per heavy atom. The van der Waals surface area contributed by atoms with Crippen molar-refractivity contribution < 1.29 is 19.4 Å². The molecular weight excluding hydrogens is 258 g/mol. The zero-order valence-electron chi connectivity index (χ0n) is 11.8. The molecule has 2 aliphatic heterocycles. The highest BCUT2D eigenvalue weighted by molar-refractivity contribution is 5.18. The molecule has 2 saturated heterocycles. The second-order valence-corrected chi connectivity index (χ2v) is 5.42. The second-order valence-electron chi connectivity index (χ2n) is 5.42. The van der Waals surface area contributed by atoms with E-state index in [-0.39, 0.29) is 24.5 Å². The van der Waals surface area contributed by atoms with Crippen LogP contribution in [-0.2, 0) is 14.3 Å². The first-order valence-corrected chi connectivity index (χ1v) is 7.05. The average Bonchev–Trinajstić information content (AvgIpc) is 2.84. The Kier molecular flexibility index (Phi) is 4.05. The average molecular weight is 279 g/mol. The minimum Gasteiger partial charge on any atom is -0.388 e. The Morgan fingerprint density at radius 3 is 2.75 bits per heavy atom. The Morgan fingerprint density at radius 2 is 2.00 bits per heavy atom. The van der Waals surface area contributed by atoms with Gasteiger partial charge in [0.15, 0.2) is 6.29 Å². The van der Waals surface area contributed by atoms with Crippen LogP contribution >= 0.6 is 0 Å². The van der Waals surface area contributed by atoms with Gasteiger partial charge in [-0.1, -0.05) is 30.3 Å². The summed E-state index contributed by atoms with van der Waals surface area (Å²) in [4.78, 5) is 5.90. The van der Waals surface area contributed by atoms with Crippen molar-refractivity contribution in [2.24, 2.45) is 0 Å². The summed E-state index contributed by atoms with van der Waals surface area (Å²) in [5.41, 5.74) is 1.15. The van der Waals surface area contributed by atoms with E-state index in [1.54, 1.807) is 0 Å². The molecule has 0 unspecified atom stereocenters. The molecule has 0 amide bonds. The first-order chi connectivity index (χ1) is 9.65. The Labute approximate surface area is 119 Å². The maximum atomic E-state index is 10.1. The van der Waals surface area contributed by atoms with Gasteiger partial charge in [-0.2, -0.15) is 5.06 Å². The van der Waals surface area contributed by atoms with Gasteiger partial charge in [0.05, 0.1) is 12.6 Å². The van der Waals surface area contributed by atoms with Crippen LogP contribution in [0.15, 0.2) is 30.3 Å². The van der Waals surface area contributed by atoms with E-state index >= 15 is 0 Å². The number of hydrogen-bond donors (Lipinski definition) is 1. The quantitative estimate of drug-likeness (QED) is 0.889. The van der Waals surface area contributed by atoms with Crippen molar-refractivity contribution in [1.82, 2.24) is 5.06 Å². The molecule has 0 aliphatic carbocycles. The maximum Gasteiger partial charge on any atom is 0.155 e. The summed E-state index contributed by atoms with van der Waals surface area (Å²) in [7, 11) is 1.89. The first kappa shape index (κ1) is 14.0. The van der Waals surface area contributed by atoms with E-state index in [2.05, 4.69) is 12.1 Å². The highest BCUT2D eigenvalue weighted by atomic mass is 16.7. The molecular formula is C15H21NO4. The van der Waals surface area contributed by atoms with Crippen LogP contribution in [0.5, 0.6) is 0 Å². The summed E-state index contributed by atoms with van der Waals surface area (Å²) in [5.74, 6) is 0. The van der Waals surface area contributed by atoms with Crippen molar-refractivity contribution in [2.75, 3.05) is 13.7 Å². The predicted molar refractivity (Wildman–Crippen MR) is 72.7 cm³/mol. The topological polar surface area (TPSA) is 51.2 Å². The molecule has 5 nitrogen and oxygen atoms in total. The third kappa shape index (κ3) is 2.73. The Hall–Kier alpha value is -0.980. The largest absolute Gasteiger partial charge is 0.388 e. The van der Waals surface area contributed by atoms with Crippen molar-refractivity contribution in [3.05, 3.63) is 35.9 Å². The monoisotopic (exact) mass is 279 g/mol. The molecule has 0 bridgehead atoms. The van der Waals surface area contributed by atoms with Gasteiger partial charge in [0.25, 0.3) is 0 Å². The van der Waals surface area contributed by atoms with Crippen LogP contribution < -0.4 is 0 Å². The molecule has 0 radical (unpaired) electrons. The number of ether oxygens (including phenoxy) is 2. The summed E-state index contributed by atoms with van der Waals surface area (Å²) in [6, 6.07) is 10.2. The van der Waals surface area contributed by atoms with Gasteiger partial charge in [-0.25, -0.2) is 0 Å². The van der Waals surface area contributed by atoms with Gasteiger partial charge < -0.3 is 14.6 Å². The molecule has 1 N–H and O–H groups in total. The fraction of sp³-hybridized carbons (Fsp3) is 0.600. The number of benzene rings is 1. The normalized spacial score (nSPS) is 39.0. The van der Waals surface area contributed by atoms with E-state index in [0.29, 0.717) is 6.61 Å². The van der Waals surface area contributed by atoms with Crippen LogP contribution in [0.3, 0.4) is 0 Å². The summed E-state index contributed by atoms with van der Waals surface area (Å²) in [6.07, 6.45) is -0.364. The molecule has 1 aromatic rings. The summed E-state index contributed by atoms with van der Waals surface area (Å²) >= 11 is 0. The lowest BCUT2D eigenvalue weighted by molar-refractivity contribution is -0.269. The molecule has 0 saturated carbocycles. The first-order valence-electron chi connectivity index (χ1n) is 7.05. The van der Waals surface area contributed by atoms with Gasteiger partial charge in [-0.3, -0.25) is 4.84 Å². The van der Waals surface area contributed by atoms with Crippen LogP contribution in [0.4, 0.5) is 0 Å². The summed E-state index contributed by atoms with van der Waals surface area (Å²) in [5, 5.41) is 11.9. The molecule has 2 aliphatic rings. The smallest absolute Gasteiger partial charge is 0.155 e. The number of hydrogen-bond acceptors (Lipinski definition) is 5. The minimum absolute atomic E-state index is 0.0140. The number of likely N-dealkylation sites (N-methyl/N-ethyl adjacent to an activating group) is 1. The van der Waals surface area contributed by atoms with E-state index in [1.165, 1.54) is 0 Å². The maximum absolute atomic E-state index is 10.1. The molecule has 1 aromatic carbocycles. The van der Waals surface area contributed by atoms with Gasteiger partial charge in [0, 0.05) is 13.5 Å². The molecule has 3 rings (SSSR count). The van der Waals surface area contributed by atoms with E-state index in [0.717, 1.165) is 12.0 Å². The molecule has 2 heterocycles. The van der Waals surface area contributed by atoms with E-state index < -0.39 is 6.10 Å². The Balaban J connectivity index is 1.72. The minimum atomic E-state index is -0.614. The molecule has 5 atom stereocenters. The van der Waals surface area contributed by atoms with Gasteiger partial charge in [-0.05, 0) is 12.5 Å². The molecule has 110 valence electrons. The van der Waals surface area contributed by atoms with Crippen LogP contribution in [0.2, 0.25) is 0 Å². The van der Waals surface area contributed by atoms with Crippen molar-refractivity contribution in [3.63, 3.8) is 0 Å². The fourth-order valence-electron chi connectivity index (χ4n) is 2.92. The lowest BCUT2D eigenvalue weighted by Gasteiger charge is -2.37. The molecule has 20 heavy (non-hydrogen) atoms. The number of nitrogens with zero attached hydrogens (tertiary/aromatic N) is 1. The van der Waals surface area contributed by atoms with Gasteiger partial charge >= 0.3 is 0 Å². The lowest BCUT2D eigenvalue weighted by Crippen LogP contribution is -2.52. The number of hydroxylamine groups is 2. The van der Waals surface area contributed by atoms with Crippen molar-refractivity contribution in [2.45, 2.75) is 44.0 Å². The zero-order chi connectivity index (χ0) is 14.1. The van der Waals surface area contributed by atoms with Gasteiger partial charge in [-0.15, -0.1) is 0 Å². The van der Waals surface area contributed by atoms with Crippen LogP contribution in [0.25, 0.3) is 0 Å². The molecule has 0 aromatic heterocycles. The highest BCUT2D eigenvalue weighted by Crippen LogP contribution is 2.36. The van der Waals surface area contributed by atoms with Crippen molar-refractivity contribution in [1.29, 1.82) is 0 Å². The summed E-state index contributed by atoms with van der Waals surface area (Å²) < 4.78 is 11.0. The van der Waals surface area contributed by atoms with Crippen LogP contribution in [0, 0.1) is 0 Å². The third-order valence-corrected chi connectivity index (χ3v) is 4.00. The number of aliphatic hydroxyl groups is 1.